The van der Waals surface area contributed by atoms with E-state index in [4.69, 9.17) is 9.47 Å². The van der Waals surface area contributed by atoms with E-state index in [1.165, 1.54) is 25.7 Å². The lowest BCUT2D eigenvalue weighted by molar-refractivity contribution is 0.0683. The van der Waals surface area contributed by atoms with Gasteiger partial charge >= 0.3 is 0 Å². The molecule has 2 aromatic rings. The van der Waals surface area contributed by atoms with Crippen LogP contribution in [-0.2, 0) is 13.1 Å². The number of β-amino-alcohol motifs (C(OH)–C–C–N with tert-alkyl or cyclic N) is 1. The van der Waals surface area contributed by atoms with E-state index in [-0.39, 0.29) is 6.61 Å². The minimum Gasteiger partial charge on any atom is -0.493 e. The van der Waals surface area contributed by atoms with Crippen LogP contribution in [0.4, 0.5) is 0 Å². The summed E-state index contributed by atoms with van der Waals surface area (Å²) in [7, 11) is 3.70. The Morgan fingerprint density at radius 3 is 2.60 bits per heavy atom. The van der Waals surface area contributed by atoms with E-state index < -0.39 is 6.10 Å². The molecule has 1 aromatic heterocycles. The van der Waals surface area contributed by atoms with E-state index in [0.29, 0.717) is 18.0 Å². The van der Waals surface area contributed by atoms with Crippen LogP contribution in [0.25, 0.3) is 0 Å². The third-order valence-electron chi connectivity index (χ3n) is 5.35. The molecule has 1 saturated heterocycles. The van der Waals surface area contributed by atoms with Gasteiger partial charge in [-0.05, 0) is 56.7 Å². The topological polar surface area (TPSA) is 71.0 Å². The van der Waals surface area contributed by atoms with Crippen LogP contribution in [0.5, 0.6) is 11.5 Å². The second-order valence-corrected chi connectivity index (χ2v) is 8.04. The average Bonchev–Trinajstić information content (AvgIpc) is 3.02. The normalized spacial score (nSPS) is 16.3. The summed E-state index contributed by atoms with van der Waals surface area (Å²) in [6.45, 7) is 4.56. The molecule has 0 radical (unpaired) electrons. The van der Waals surface area contributed by atoms with Gasteiger partial charge in [0.2, 0.25) is 0 Å². The molecule has 7 heteroatoms. The van der Waals surface area contributed by atoms with Gasteiger partial charge in [0, 0.05) is 25.8 Å². The van der Waals surface area contributed by atoms with Gasteiger partial charge in [-0.2, -0.15) is 0 Å². The van der Waals surface area contributed by atoms with Crippen LogP contribution in [0.3, 0.4) is 0 Å². The Morgan fingerprint density at radius 1 is 1.10 bits per heavy atom. The second kappa shape index (κ2) is 11.8. The van der Waals surface area contributed by atoms with E-state index in [0.717, 1.165) is 37.4 Å². The third-order valence-corrected chi connectivity index (χ3v) is 5.35. The first-order valence-electron chi connectivity index (χ1n) is 10.8. The number of likely N-dealkylation sites (tertiary alicyclic amines) is 1. The van der Waals surface area contributed by atoms with Gasteiger partial charge in [-0.1, -0.05) is 18.9 Å². The summed E-state index contributed by atoms with van der Waals surface area (Å²) in [6, 6.07) is 7.87. The van der Waals surface area contributed by atoms with Crippen LogP contribution < -0.4 is 9.47 Å². The third kappa shape index (κ3) is 7.23. The molecule has 1 aromatic carbocycles. The lowest BCUT2D eigenvalue weighted by atomic mass is 10.2. The number of rotatable bonds is 10. The van der Waals surface area contributed by atoms with E-state index in [1.54, 1.807) is 19.6 Å². The van der Waals surface area contributed by atoms with Crippen LogP contribution in [-0.4, -0.2) is 71.4 Å². The van der Waals surface area contributed by atoms with E-state index in [1.807, 2.05) is 24.3 Å². The zero-order valence-electron chi connectivity index (χ0n) is 18.2. The molecule has 3 rings (SSSR count). The molecule has 1 atom stereocenters. The summed E-state index contributed by atoms with van der Waals surface area (Å²) in [5.74, 6) is 1.35. The molecule has 1 aliphatic rings. The van der Waals surface area contributed by atoms with Crippen LogP contribution in [0.15, 0.2) is 36.8 Å². The molecule has 30 heavy (non-hydrogen) atoms. The van der Waals surface area contributed by atoms with Crippen molar-refractivity contribution < 1.29 is 14.6 Å². The fraction of sp³-hybridized carbons (Fsp3) is 0.565. The van der Waals surface area contributed by atoms with Crippen LogP contribution >= 0.6 is 0 Å². The second-order valence-electron chi connectivity index (χ2n) is 8.04. The Balaban J connectivity index is 1.50. The number of nitrogens with zero attached hydrogens (tertiary/aromatic N) is 4. The number of hydrogen-bond donors (Lipinski definition) is 1. The molecule has 0 aliphatic carbocycles. The fourth-order valence-electron chi connectivity index (χ4n) is 3.84. The highest BCUT2D eigenvalue weighted by Gasteiger charge is 2.15. The van der Waals surface area contributed by atoms with Crippen molar-refractivity contribution in [2.24, 2.45) is 0 Å². The molecule has 0 bridgehead atoms. The molecule has 0 spiro atoms. The van der Waals surface area contributed by atoms with Crippen molar-refractivity contribution in [2.75, 3.05) is 40.4 Å². The van der Waals surface area contributed by atoms with Gasteiger partial charge in [-0.25, -0.2) is 9.97 Å². The first-order chi connectivity index (χ1) is 14.6. The van der Waals surface area contributed by atoms with Crippen molar-refractivity contribution in [1.29, 1.82) is 0 Å². The Morgan fingerprint density at radius 2 is 1.90 bits per heavy atom. The molecule has 1 fully saturated rings. The number of methoxy groups -OCH3 is 1. The van der Waals surface area contributed by atoms with Crippen LogP contribution in [0.2, 0.25) is 0 Å². The molecule has 1 aliphatic heterocycles. The Labute approximate surface area is 179 Å². The average molecular weight is 415 g/mol. The fourth-order valence-corrected chi connectivity index (χ4v) is 3.84. The monoisotopic (exact) mass is 414 g/mol. The minimum absolute atomic E-state index is 0.264. The van der Waals surface area contributed by atoms with E-state index in [2.05, 4.69) is 26.8 Å². The number of ether oxygens (including phenoxy) is 2. The molecule has 2 heterocycles. The number of hydrogen-bond acceptors (Lipinski definition) is 7. The van der Waals surface area contributed by atoms with Crippen LogP contribution in [0, 0.1) is 0 Å². The zero-order chi connectivity index (χ0) is 21.2. The van der Waals surface area contributed by atoms with Crippen molar-refractivity contribution in [2.45, 2.75) is 44.9 Å². The standard InChI is InChI=1S/C23H34N4O3/c1-26(15-20-9-10-24-18-25-20)14-19-7-8-22(23(13-19)29-2)30-17-21(28)16-27-11-5-3-4-6-12-27/h7-10,13,18,21,28H,3-6,11-12,14-17H2,1-2H3. The maximum atomic E-state index is 10.4. The van der Waals surface area contributed by atoms with Crippen molar-refractivity contribution in [3.8, 4) is 11.5 Å². The van der Waals surface area contributed by atoms with Gasteiger partial charge in [-0.15, -0.1) is 0 Å². The van der Waals surface area contributed by atoms with Crippen molar-refractivity contribution >= 4 is 0 Å². The van der Waals surface area contributed by atoms with Gasteiger partial charge in [0.05, 0.1) is 12.8 Å². The first-order valence-corrected chi connectivity index (χ1v) is 10.8. The summed E-state index contributed by atoms with van der Waals surface area (Å²) in [4.78, 5) is 12.8. The maximum absolute atomic E-state index is 10.4. The quantitative estimate of drug-likeness (QED) is 0.641. The molecular formula is C23H34N4O3. The van der Waals surface area contributed by atoms with E-state index >= 15 is 0 Å². The van der Waals surface area contributed by atoms with E-state index in [9.17, 15) is 5.11 Å². The summed E-state index contributed by atoms with van der Waals surface area (Å²) in [6.07, 6.45) is 7.84. The van der Waals surface area contributed by atoms with Gasteiger partial charge < -0.3 is 19.5 Å². The first kappa shape index (κ1) is 22.5. The molecule has 0 saturated carbocycles. The molecule has 0 amide bonds. The molecule has 164 valence electrons. The highest BCUT2D eigenvalue weighted by Crippen LogP contribution is 2.29. The van der Waals surface area contributed by atoms with Crippen molar-refractivity contribution in [3.05, 3.63) is 48.0 Å². The Kier molecular flexibility index (Phi) is 8.86. The van der Waals surface area contributed by atoms with Crippen molar-refractivity contribution in [3.63, 3.8) is 0 Å². The molecule has 1 unspecified atom stereocenters. The Bertz CT molecular complexity index is 751. The van der Waals surface area contributed by atoms with Gasteiger partial charge in [0.1, 0.15) is 19.0 Å². The SMILES string of the molecule is COc1cc(CN(C)Cc2ccncn2)ccc1OCC(O)CN1CCCCCC1. The Hall–Kier alpha value is -2.22. The number of aliphatic hydroxyl groups is 1. The highest BCUT2D eigenvalue weighted by atomic mass is 16.5. The molecular weight excluding hydrogens is 380 g/mol. The largest absolute Gasteiger partial charge is 0.493 e. The van der Waals surface area contributed by atoms with Gasteiger partial charge in [0.15, 0.2) is 11.5 Å². The zero-order valence-corrected chi connectivity index (χ0v) is 18.2. The number of aromatic nitrogens is 2. The minimum atomic E-state index is -0.508. The summed E-state index contributed by atoms with van der Waals surface area (Å²) < 4.78 is 11.4. The highest BCUT2D eigenvalue weighted by molar-refractivity contribution is 5.43. The van der Waals surface area contributed by atoms with Gasteiger partial charge in [0.25, 0.3) is 0 Å². The maximum Gasteiger partial charge on any atom is 0.161 e. The summed E-state index contributed by atoms with van der Waals surface area (Å²) >= 11 is 0. The lowest BCUT2D eigenvalue weighted by Gasteiger charge is -2.23. The smallest absolute Gasteiger partial charge is 0.161 e. The predicted molar refractivity (Wildman–Crippen MR) is 117 cm³/mol. The molecule has 1 N–H and O–H groups in total. The molecule has 7 nitrogen and oxygen atoms in total. The number of benzene rings is 1. The number of aliphatic hydroxyl groups excluding tert-OH is 1. The van der Waals surface area contributed by atoms with Crippen LogP contribution in [0.1, 0.15) is 36.9 Å². The van der Waals surface area contributed by atoms with Crippen molar-refractivity contribution in [1.82, 2.24) is 19.8 Å². The summed E-state index contributed by atoms with van der Waals surface area (Å²) in [5, 5.41) is 10.4. The summed E-state index contributed by atoms with van der Waals surface area (Å²) in [5.41, 5.74) is 2.11. The lowest BCUT2D eigenvalue weighted by Crippen LogP contribution is -2.36. The predicted octanol–water partition coefficient (Wildman–Crippen LogP) is 2.73. The van der Waals surface area contributed by atoms with Gasteiger partial charge in [-0.3, -0.25) is 4.90 Å².